The van der Waals surface area contributed by atoms with Crippen molar-refractivity contribution < 1.29 is 14.7 Å². The Hall–Kier alpha value is -1.84. The van der Waals surface area contributed by atoms with E-state index in [1.165, 1.54) is 0 Å². The van der Waals surface area contributed by atoms with Gasteiger partial charge >= 0.3 is 5.97 Å². The first-order valence-corrected chi connectivity index (χ1v) is 5.41. The molecule has 17 heavy (non-hydrogen) atoms. The number of rotatable bonds is 5. The fraction of sp³-hybridized carbons (Fsp3) is 0.385. The van der Waals surface area contributed by atoms with Gasteiger partial charge in [-0.3, -0.25) is 9.59 Å². The predicted molar refractivity (Wildman–Crippen MR) is 64.5 cm³/mol. The number of carboxylic acids is 1. The van der Waals surface area contributed by atoms with Crippen LogP contribution in [0.15, 0.2) is 24.3 Å². The van der Waals surface area contributed by atoms with Gasteiger partial charge in [0.2, 0.25) is 5.91 Å². The number of carbonyl (C=O) groups excluding carboxylic acids is 1. The van der Waals surface area contributed by atoms with Gasteiger partial charge in [0.1, 0.15) is 0 Å². The van der Waals surface area contributed by atoms with Crippen LogP contribution in [-0.2, 0) is 22.4 Å². The highest BCUT2D eigenvalue weighted by molar-refractivity contribution is 5.76. The summed E-state index contributed by atoms with van der Waals surface area (Å²) in [5.74, 6) is -1.19. The molecule has 0 spiro atoms. The van der Waals surface area contributed by atoms with Crippen LogP contribution in [0, 0.1) is 5.41 Å². The zero-order valence-electron chi connectivity index (χ0n) is 10.1. The number of primary amides is 1. The number of amides is 1. The van der Waals surface area contributed by atoms with Gasteiger partial charge in [0.25, 0.3) is 0 Å². The van der Waals surface area contributed by atoms with Crippen molar-refractivity contribution in [2.24, 2.45) is 11.1 Å². The van der Waals surface area contributed by atoms with Crippen molar-refractivity contribution in [2.75, 3.05) is 0 Å². The van der Waals surface area contributed by atoms with Gasteiger partial charge in [-0.1, -0.05) is 24.3 Å². The molecule has 1 rings (SSSR count). The molecule has 1 aromatic carbocycles. The molecule has 0 unspecified atom stereocenters. The zero-order chi connectivity index (χ0) is 13.1. The van der Waals surface area contributed by atoms with Gasteiger partial charge in [0, 0.05) is 0 Å². The first-order valence-electron chi connectivity index (χ1n) is 5.41. The van der Waals surface area contributed by atoms with Crippen molar-refractivity contribution in [3.63, 3.8) is 0 Å². The zero-order valence-corrected chi connectivity index (χ0v) is 10.1. The van der Waals surface area contributed by atoms with Gasteiger partial charge in [-0.15, -0.1) is 0 Å². The number of hydrogen-bond donors (Lipinski definition) is 2. The molecule has 3 N–H and O–H groups in total. The molecule has 0 aliphatic carbocycles. The number of nitrogens with two attached hydrogens (primary N) is 1. The lowest BCUT2D eigenvalue weighted by atomic mass is 9.86. The van der Waals surface area contributed by atoms with E-state index < -0.39 is 11.4 Å². The van der Waals surface area contributed by atoms with E-state index >= 15 is 0 Å². The molecule has 4 nitrogen and oxygen atoms in total. The summed E-state index contributed by atoms with van der Waals surface area (Å²) in [6.45, 7) is 3.37. The van der Waals surface area contributed by atoms with Gasteiger partial charge in [0.15, 0.2) is 0 Å². The molecule has 0 atom stereocenters. The predicted octanol–water partition coefficient (Wildman–Crippen LogP) is 1.37. The molecule has 0 heterocycles. The van der Waals surface area contributed by atoms with E-state index in [1.807, 2.05) is 12.1 Å². The molecule has 0 radical (unpaired) electrons. The molecule has 0 aliphatic rings. The summed E-state index contributed by atoms with van der Waals surface area (Å²) in [5.41, 5.74) is 6.08. The Morgan fingerprint density at radius 3 is 2.06 bits per heavy atom. The molecule has 0 saturated heterocycles. The van der Waals surface area contributed by atoms with Crippen molar-refractivity contribution >= 4 is 11.9 Å². The lowest BCUT2D eigenvalue weighted by molar-refractivity contribution is -0.146. The maximum Gasteiger partial charge on any atom is 0.309 e. The highest BCUT2D eigenvalue weighted by Crippen LogP contribution is 2.22. The molecule has 92 valence electrons. The Morgan fingerprint density at radius 1 is 1.18 bits per heavy atom. The Kier molecular flexibility index (Phi) is 3.89. The third kappa shape index (κ3) is 3.90. The minimum absolute atomic E-state index is 0.211. The molecule has 0 aliphatic heterocycles. The first kappa shape index (κ1) is 13.2. The average molecular weight is 235 g/mol. The largest absolute Gasteiger partial charge is 0.481 e. The van der Waals surface area contributed by atoms with Gasteiger partial charge < -0.3 is 10.8 Å². The summed E-state index contributed by atoms with van der Waals surface area (Å²) in [4.78, 5) is 21.7. The van der Waals surface area contributed by atoms with Crippen molar-refractivity contribution in [2.45, 2.75) is 26.7 Å². The summed E-state index contributed by atoms with van der Waals surface area (Å²) in [6, 6.07) is 7.28. The highest BCUT2D eigenvalue weighted by Gasteiger charge is 2.27. The Morgan fingerprint density at radius 2 is 1.65 bits per heavy atom. The lowest BCUT2D eigenvalue weighted by Crippen LogP contribution is -2.26. The third-order valence-electron chi connectivity index (χ3n) is 2.63. The fourth-order valence-electron chi connectivity index (χ4n) is 1.56. The molecule has 0 bridgehead atoms. The van der Waals surface area contributed by atoms with Gasteiger partial charge in [-0.05, 0) is 31.4 Å². The van der Waals surface area contributed by atoms with E-state index in [-0.39, 0.29) is 12.3 Å². The SMILES string of the molecule is CC(C)(Cc1ccc(CC(N)=O)cc1)C(=O)O. The monoisotopic (exact) mass is 235 g/mol. The summed E-state index contributed by atoms with van der Waals surface area (Å²) in [5, 5.41) is 9.01. The number of carbonyl (C=O) groups is 2. The van der Waals surface area contributed by atoms with Crippen molar-refractivity contribution in [1.29, 1.82) is 0 Å². The highest BCUT2D eigenvalue weighted by atomic mass is 16.4. The van der Waals surface area contributed by atoms with E-state index in [4.69, 9.17) is 10.8 Å². The van der Waals surface area contributed by atoms with Crippen LogP contribution in [-0.4, -0.2) is 17.0 Å². The van der Waals surface area contributed by atoms with E-state index in [0.717, 1.165) is 11.1 Å². The molecule has 0 aromatic heterocycles. The second-order valence-corrected chi connectivity index (χ2v) is 4.83. The van der Waals surface area contributed by atoms with E-state index in [9.17, 15) is 9.59 Å². The van der Waals surface area contributed by atoms with Crippen LogP contribution < -0.4 is 5.73 Å². The first-order chi connectivity index (χ1) is 7.81. The van der Waals surface area contributed by atoms with Gasteiger partial charge in [-0.2, -0.15) is 0 Å². The number of hydrogen-bond acceptors (Lipinski definition) is 2. The normalized spacial score (nSPS) is 11.2. The van der Waals surface area contributed by atoms with E-state index in [0.29, 0.717) is 6.42 Å². The molecule has 0 saturated carbocycles. The van der Waals surface area contributed by atoms with E-state index in [2.05, 4.69) is 0 Å². The number of benzene rings is 1. The van der Waals surface area contributed by atoms with Gasteiger partial charge in [-0.25, -0.2) is 0 Å². The minimum Gasteiger partial charge on any atom is -0.481 e. The molecule has 1 aromatic rings. The van der Waals surface area contributed by atoms with Crippen molar-refractivity contribution in [3.8, 4) is 0 Å². The van der Waals surface area contributed by atoms with Crippen molar-refractivity contribution in [3.05, 3.63) is 35.4 Å². The Bertz CT molecular complexity index is 421. The van der Waals surface area contributed by atoms with Crippen LogP contribution in [0.5, 0.6) is 0 Å². The smallest absolute Gasteiger partial charge is 0.309 e. The van der Waals surface area contributed by atoms with Crippen LogP contribution in [0.4, 0.5) is 0 Å². The summed E-state index contributed by atoms with van der Waals surface area (Å²) in [7, 11) is 0. The van der Waals surface area contributed by atoms with E-state index in [1.54, 1.807) is 26.0 Å². The molecule has 0 fully saturated rings. The maximum absolute atomic E-state index is 11.0. The summed E-state index contributed by atoms with van der Waals surface area (Å²) < 4.78 is 0. The summed E-state index contributed by atoms with van der Waals surface area (Å²) in [6.07, 6.45) is 0.668. The second kappa shape index (κ2) is 4.99. The number of aliphatic carboxylic acids is 1. The van der Waals surface area contributed by atoms with Crippen LogP contribution in [0.1, 0.15) is 25.0 Å². The van der Waals surface area contributed by atoms with Crippen LogP contribution >= 0.6 is 0 Å². The van der Waals surface area contributed by atoms with Crippen LogP contribution in [0.2, 0.25) is 0 Å². The minimum atomic E-state index is -0.821. The number of carboxylic acid groups (broad SMARTS) is 1. The van der Waals surface area contributed by atoms with Crippen LogP contribution in [0.3, 0.4) is 0 Å². The quantitative estimate of drug-likeness (QED) is 0.808. The van der Waals surface area contributed by atoms with Gasteiger partial charge in [0.05, 0.1) is 11.8 Å². The Balaban J connectivity index is 2.75. The van der Waals surface area contributed by atoms with Crippen molar-refractivity contribution in [1.82, 2.24) is 0 Å². The fourth-order valence-corrected chi connectivity index (χ4v) is 1.56. The topological polar surface area (TPSA) is 80.4 Å². The molecular formula is C13H17NO3. The maximum atomic E-state index is 11.0. The Labute approximate surface area is 100 Å². The molecule has 1 amide bonds. The lowest BCUT2D eigenvalue weighted by Gasteiger charge is -2.18. The third-order valence-corrected chi connectivity index (χ3v) is 2.63. The molecular weight excluding hydrogens is 218 g/mol. The standard InChI is InChI=1S/C13H17NO3/c1-13(2,12(16)17)8-10-5-3-9(4-6-10)7-11(14)15/h3-6H,7-8H2,1-2H3,(H2,14,15)(H,16,17). The summed E-state index contributed by atoms with van der Waals surface area (Å²) >= 11 is 0. The van der Waals surface area contributed by atoms with Crippen LogP contribution in [0.25, 0.3) is 0 Å². The average Bonchev–Trinajstić information content (AvgIpc) is 2.19. The molecule has 4 heteroatoms. The second-order valence-electron chi connectivity index (χ2n) is 4.83.